The maximum atomic E-state index is 9.98. The van der Waals surface area contributed by atoms with Crippen LogP contribution in [0.2, 0.25) is 0 Å². The molecule has 1 aromatic rings. The number of benzene rings is 1. The Morgan fingerprint density at radius 1 is 0.962 bits per heavy atom. The van der Waals surface area contributed by atoms with Gasteiger partial charge in [0.1, 0.15) is 25.0 Å². The van der Waals surface area contributed by atoms with Gasteiger partial charge in [0.25, 0.3) is 0 Å². The van der Waals surface area contributed by atoms with E-state index in [-0.39, 0.29) is 10.8 Å². The van der Waals surface area contributed by atoms with Gasteiger partial charge in [-0.25, -0.2) is 0 Å². The van der Waals surface area contributed by atoms with Gasteiger partial charge < -0.3 is 19.1 Å². The minimum Gasteiger partial charge on any atom is -0.491 e. The number of nitrogens with zero attached hydrogens (tertiary/aromatic N) is 1. The second-order valence-electron chi connectivity index (χ2n) is 10.3. The van der Waals surface area contributed by atoms with Gasteiger partial charge in [-0.1, -0.05) is 53.7 Å². The number of aliphatic hydroxyl groups excluding tert-OH is 1. The molecule has 0 aromatic heterocycles. The van der Waals surface area contributed by atoms with E-state index in [1.165, 1.54) is 11.1 Å². The maximum absolute atomic E-state index is 9.98. The Morgan fingerprint density at radius 3 is 2.08 bits per heavy atom. The van der Waals surface area contributed by atoms with Gasteiger partial charge in [-0.15, -0.1) is 0 Å². The highest BCUT2D eigenvalue weighted by Gasteiger charge is 2.23. The lowest BCUT2D eigenvalue weighted by atomic mass is 9.80. The molecule has 0 saturated heterocycles. The summed E-state index contributed by atoms with van der Waals surface area (Å²) >= 11 is 0. The minimum atomic E-state index is -0.453. The third-order valence-corrected chi connectivity index (χ3v) is 4.21. The van der Waals surface area contributed by atoms with Gasteiger partial charge in [-0.05, 0) is 28.0 Å². The first-order valence-electron chi connectivity index (χ1n) is 9.54. The molecule has 150 valence electrons. The summed E-state index contributed by atoms with van der Waals surface area (Å²) in [4.78, 5) is 0. The van der Waals surface area contributed by atoms with Crippen LogP contribution in [0.15, 0.2) is 18.2 Å². The molecule has 1 aromatic carbocycles. The fourth-order valence-electron chi connectivity index (χ4n) is 2.82. The van der Waals surface area contributed by atoms with E-state index in [4.69, 9.17) is 9.47 Å². The predicted octanol–water partition coefficient (Wildman–Crippen LogP) is 3.74. The number of likely N-dealkylation sites (N-methyl/N-ethyl adjacent to an activating group) is 1. The van der Waals surface area contributed by atoms with Gasteiger partial charge >= 0.3 is 0 Å². The fourth-order valence-corrected chi connectivity index (χ4v) is 2.82. The largest absolute Gasteiger partial charge is 0.491 e. The first-order chi connectivity index (χ1) is 11.7. The summed E-state index contributed by atoms with van der Waals surface area (Å²) < 4.78 is 12.3. The SMILES string of the molecule is CC(C)(C)c1ccc(OCCOC[C@H](O)C[N+](C)(C)C)c(C(C)(C)C)c1. The lowest BCUT2D eigenvalue weighted by Crippen LogP contribution is -2.43. The van der Waals surface area contributed by atoms with Crippen molar-refractivity contribution in [3.05, 3.63) is 29.3 Å². The van der Waals surface area contributed by atoms with Crippen molar-refractivity contribution in [3.8, 4) is 5.75 Å². The van der Waals surface area contributed by atoms with Crippen LogP contribution in [-0.2, 0) is 15.6 Å². The van der Waals surface area contributed by atoms with Crippen LogP contribution in [-0.4, -0.2) is 63.2 Å². The highest BCUT2D eigenvalue weighted by molar-refractivity contribution is 5.43. The summed E-state index contributed by atoms with van der Waals surface area (Å²) in [5.74, 6) is 0.918. The van der Waals surface area contributed by atoms with Crippen molar-refractivity contribution < 1.29 is 19.1 Å². The molecule has 0 heterocycles. The van der Waals surface area contributed by atoms with Crippen molar-refractivity contribution in [1.29, 1.82) is 0 Å². The summed E-state index contributed by atoms with van der Waals surface area (Å²) in [5, 5.41) is 9.98. The van der Waals surface area contributed by atoms with Crippen molar-refractivity contribution in [3.63, 3.8) is 0 Å². The molecule has 0 aliphatic heterocycles. The topological polar surface area (TPSA) is 38.7 Å². The van der Waals surface area contributed by atoms with Crippen LogP contribution in [0.4, 0.5) is 0 Å². The molecule has 26 heavy (non-hydrogen) atoms. The first kappa shape index (κ1) is 22.9. The zero-order chi connectivity index (χ0) is 20.2. The zero-order valence-electron chi connectivity index (χ0n) is 18.3. The van der Waals surface area contributed by atoms with E-state index in [9.17, 15) is 5.11 Å². The molecular weight excluding hydrogens is 326 g/mol. The highest BCUT2D eigenvalue weighted by atomic mass is 16.5. The van der Waals surface area contributed by atoms with E-state index in [0.717, 1.165) is 10.2 Å². The molecule has 4 nitrogen and oxygen atoms in total. The molecular formula is C22H40NO3+. The maximum Gasteiger partial charge on any atom is 0.126 e. The van der Waals surface area contributed by atoms with Gasteiger partial charge in [-0.3, -0.25) is 0 Å². The van der Waals surface area contributed by atoms with Crippen molar-refractivity contribution >= 4 is 0 Å². The number of hydrogen-bond donors (Lipinski definition) is 1. The van der Waals surface area contributed by atoms with Gasteiger partial charge in [0, 0.05) is 0 Å². The summed E-state index contributed by atoms with van der Waals surface area (Å²) in [7, 11) is 6.17. The molecule has 1 N–H and O–H groups in total. The van der Waals surface area contributed by atoms with Crippen LogP contribution in [0.5, 0.6) is 5.75 Å². The van der Waals surface area contributed by atoms with Crippen LogP contribution in [0.1, 0.15) is 52.7 Å². The number of aliphatic hydroxyl groups is 1. The van der Waals surface area contributed by atoms with Crippen molar-refractivity contribution in [2.24, 2.45) is 0 Å². The summed E-state index contributed by atoms with van der Waals surface area (Å²) in [6.07, 6.45) is -0.453. The van der Waals surface area contributed by atoms with Gasteiger partial charge in [0.05, 0.1) is 34.4 Å². The Balaban J connectivity index is 2.62. The Kier molecular flexibility index (Phi) is 7.70. The quantitative estimate of drug-likeness (QED) is 0.563. The summed E-state index contributed by atoms with van der Waals surface area (Å²) in [6.45, 7) is 15.3. The molecule has 0 fully saturated rings. The molecule has 0 aliphatic rings. The number of quaternary nitrogens is 1. The van der Waals surface area contributed by atoms with Crippen molar-refractivity contribution in [2.75, 3.05) is 47.5 Å². The van der Waals surface area contributed by atoms with Crippen LogP contribution in [0.25, 0.3) is 0 Å². The average molecular weight is 367 g/mol. The third-order valence-electron chi connectivity index (χ3n) is 4.21. The number of rotatable bonds is 8. The Labute approximate surface area is 160 Å². The lowest BCUT2D eigenvalue weighted by Gasteiger charge is -2.27. The van der Waals surface area contributed by atoms with Gasteiger partial charge in [0.2, 0.25) is 0 Å². The second-order valence-corrected chi connectivity index (χ2v) is 10.3. The molecule has 1 atom stereocenters. The van der Waals surface area contributed by atoms with E-state index in [1.807, 2.05) is 0 Å². The smallest absolute Gasteiger partial charge is 0.126 e. The Morgan fingerprint density at radius 2 is 1.58 bits per heavy atom. The van der Waals surface area contributed by atoms with Crippen LogP contribution in [0.3, 0.4) is 0 Å². The molecule has 0 aliphatic carbocycles. The summed E-state index contributed by atoms with van der Waals surface area (Å²) in [6, 6.07) is 6.49. The molecule has 0 amide bonds. The van der Waals surface area contributed by atoms with Gasteiger partial charge in [0.15, 0.2) is 0 Å². The normalized spacial score (nSPS) is 14.4. The minimum absolute atomic E-state index is 0.0122. The van der Waals surface area contributed by atoms with Gasteiger partial charge in [-0.2, -0.15) is 0 Å². The van der Waals surface area contributed by atoms with Crippen molar-refractivity contribution in [2.45, 2.75) is 58.5 Å². The van der Waals surface area contributed by atoms with E-state index in [2.05, 4.69) is 80.9 Å². The van der Waals surface area contributed by atoms with Crippen LogP contribution < -0.4 is 4.74 Å². The Hall–Kier alpha value is -1.10. The fraction of sp³-hybridized carbons (Fsp3) is 0.727. The monoisotopic (exact) mass is 366 g/mol. The molecule has 0 spiro atoms. The second kappa shape index (κ2) is 8.73. The highest BCUT2D eigenvalue weighted by Crippen LogP contribution is 2.35. The molecule has 4 heteroatoms. The van der Waals surface area contributed by atoms with E-state index in [0.29, 0.717) is 26.4 Å². The first-order valence-corrected chi connectivity index (χ1v) is 9.54. The molecule has 1 rings (SSSR count). The van der Waals surface area contributed by atoms with Crippen LogP contribution in [0, 0.1) is 0 Å². The number of ether oxygens (including phenoxy) is 2. The van der Waals surface area contributed by atoms with E-state index < -0.39 is 6.10 Å². The Bertz CT molecular complexity index is 562. The summed E-state index contributed by atoms with van der Waals surface area (Å²) in [5.41, 5.74) is 2.66. The zero-order valence-corrected chi connectivity index (χ0v) is 18.3. The lowest BCUT2D eigenvalue weighted by molar-refractivity contribution is -0.873. The standard InChI is InChI=1S/C22H40NO3/c1-21(2,3)17-10-11-20(19(14-17)22(4,5)6)26-13-12-25-16-18(24)15-23(7,8)9/h10-11,14,18,24H,12-13,15-16H2,1-9H3/q+1/t18-/m1/s1. The molecule has 0 saturated carbocycles. The molecule has 0 radical (unpaired) electrons. The van der Waals surface area contributed by atoms with E-state index in [1.54, 1.807) is 0 Å². The molecule has 0 unspecified atom stereocenters. The number of hydrogen-bond acceptors (Lipinski definition) is 3. The molecule has 0 bridgehead atoms. The van der Waals surface area contributed by atoms with Crippen molar-refractivity contribution in [1.82, 2.24) is 0 Å². The van der Waals surface area contributed by atoms with Crippen LogP contribution >= 0.6 is 0 Å². The average Bonchev–Trinajstić information content (AvgIpc) is 2.42. The predicted molar refractivity (Wildman–Crippen MR) is 109 cm³/mol. The van der Waals surface area contributed by atoms with E-state index >= 15 is 0 Å². The third kappa shape index (κ3) is 8.07.